The largest absolute Gasteiger partial charge is 0.493 e. The average molecular weight is 480 g/mol. The van der Waals surface area contributed by atoms with E-state index in [9.17, 15) is 4.79 Å². The quantitative estimate of drug-likeness (QED) is 0.438. The van der Waals surface area contributed by atoms with Gasteiger partial charge < -0.3 is 20.1 Å². The highest BCUT2D eigenvalue weighted by atomic mass is 32.2. The number of nitrogens with one attached hydrogen (secondary N) is 2. The van der Waals surface area contributed by atoms with Crippen molar-refractivity contribution < 1.29 is 14.3 Å². The third-order valence-electron chi connectivity index (χ3n) is 5.43. The molecule has 0 saturated heterocycles. The Bertz CT molecular complexity index is 1240. The number of rotatable bonds is 8. The van der Waals surface area contributed by atoms with Crippen molar-refractivity contribution in [2.24, 2.45) is 0 Å². The summed E-state index contributed by atoms with van der Waals surface area (Å²) in [4.78, 5) is 18.2. The van der Waals surface area contributed by atoms with E-state index in [-0.39, 0.29) is 5.91 Å². The van der Waals surface area contributed by atoms with Gasteiger partial charge in [-0.05, 0) is 61.9 Å². The first-order valence-corrected chi connectivity index (χ1v) is 12.2. The summed E-state index contributed by atoms with van der Waals surface area (Å²) in [5.74, 6) is 2.48. The van der Waals surface area contributed by atoms with Gasteiger partial charge in [0.1, 0.15) is 6.04 Å². The number of methoxy groups -OCH3 is 1. The number of carbonyl (C=O) groups excluding carboxylic acids is 1. The van der Waals surface area contributed by atoms with Crippen LogP contribution < -0.4 is 20.1 Å². The van der Waals surface area contributed by atoms with Crippen LogP contribution in [0.2, 0.25) is 0 Å². The topological polar surface area (TPSA) is 90.3 Å². The first-order valence-electron chi connectivity index (χ1n) is 11.2. The van der Waals surface area contributed by atoms with Crippen molar-refractivity contribution in [1.82, 2.24) is 14.8 Å². The second-order valence-corrected chi connectivity index (χ2v) is 9.06. The van der Waals surface area contributed by atoms with Crippen molar-refractivity contribution in [1.29, 1.82) is 0 Å². The van der Waals surface area contributed by atoms with Crippen molar-refractivity contribution in [2.45, 2.75) is 38.9 Å². The fourth-order valence-corrected chi connectivity index (χ4v) is 4.53. The molecule has 0 saturated carbocycles. The fraction of sp³-hybridized carbons (Fsp3) is 0.320. The predicted octanol–water partition coefficient (Wildman–Crippen LogP) is 5.03. The molecule has 0 spiro atoms. The van der Waals surface area contributed by atoms with Gasteiger partial charge in [-0.2, -0.15) is 4.98 Å². The maximum absolute atomic E-state index is 13.6. The highest BCUT2D eigenvalue weighted by Crippen LogP contribution is 2.39. The Hall–Kier alpha value is -3.46. The van der Waals surface area contributed by atoms with Gasteiger partial charge in [0.2, 0.25) is 11.1 Å². The van der Waals surface area contributed by atoms with Crippen LogP contribution in [0.1, 0.15) is 37.9 Å². The molecule has 0 aliphatic carbocycles. The summed E-state index contributed by atoms with van der Waals surface area (Å²) < 4.78 is 13.0. The maximum Gasteiger partial charge on any atom is 0.255 e. The molecule has 1 atom stereocenters. The Morgan fingerprint density at radius 2 is 2.00 bits per heavy atom. The van der Waals surface area contributed by atoms with E-state index >= 15 is 0 Å². The lowest BCUT2D eigenvalue weighted by Crippen LogP contribution is -2.31. The Labute approximate surface area is 203 Å². The Morgan fingerprint density at radius 3 is 2.71 bits per heavy atom. The van der Waals surface area contributed by atoms with Gasteiger partial charge in [-0.3, -0.25) is 4.79 Å². The Balaban J connectivity index is 1.80. The van der Waals surface area contributed by atoms with Crippen LogP contribution in [0, 0.1) is 6.92 Å². The first-order chi connectivity index (χ1) is 16.4. The second kappa shape index (κ2) is 10.2. The van der Waals surface area contributed by atoms with Gasteiger partial charge >= 0.3 is 0 Å². The fourth-order valence-electron chi connectivity index (χ4n) is 3.97. The van der Waals surface area contributed by atoms with Crippen molar-refractivity contribution in [2.75, 3.05) is 30.1 Å². The molecule has 0 radical (unpaired) electrons. The zero-order valence-electron chi connectivity index (χ0n) is 20.0. The number of nitrogens with zero attached hydrogens (tertiary/aromatic N) is 3. The molecule has 2 heterocycles. The molecule has 8 nitrogen and oxygen atoms in total. The molecule has 9 heteroatoms. The average Bonchev–Trinajstić information content (AvgIpc) is 3.20. The minimum atomic E-state index is -0.496. The van der Waals surface area contributed by atoms with Crippen LogP contribution in [0.5, 0.6) is 11.5 Å². The number of thioether (sulfide) groups is 1. The highest BCUT2D eigenvalue weighted by molar-refractivity contribution is 7.99. The lowest BCUT2D eigenvalue weighted by Gasteiger charge is -2.29. The smallest absolute Gasteiger partial charge is 0.255 e. The van der Waals surface area contributed by atoms with Gasteiger partial charge in [0.15, 0.2) is 11.5 Å². The standard InChI is InChI=1S/C25H29N5O3S/c1-6-33-19-12-11-17(14-20(19)32-5)22-21(23(31)27-18-10-8-9-15(3)13-18)16(4)26-24-28-25(34-7-2)29-30(22)24/h8-14,22H,6-7H2,1-5H3,(H,27,31)(H,26,28,29). The Morgan fingerprint density at radius 1 is 1.18 bits per heavy atom. The molecule has 1 aliphatic heterocycles. The Kier molecular flexibility index (Phi) is 7.12. The molecule has 1 unspecified atom stereocenters. The number of amides is 1. The minimum absolute atomic E-state index is 0.209. The number of ether oxygens (including phenoxy) is 2. The molecule has 3 aromatic rings. The van der Waals surface area contributed by atoms with E-state index in [0.29, 0.717) is 34.8 Å². The third-order valence-corrected chi connectivity index (χ3v) is 6.15. The molecular formula is C25H29N5O3S. The normalized spacial score (nSPS) is 14.9. The van der Waals surface area contributed by atoms with Crippen LogP contribution in [0.25, 0.3) is 0 Å². The molecule has 1 aliphatic rings. The molecule has 1 amide bonds. The summed E-state index contributed by atoms with van der Waals surface area (Å²) in [5.41, 5.74) is 3.92. The van der Waals surface area contributed by atoms with Gasteiger partial charge in [-0.25, -0.2) is 4.68 Å². The lowest BCUT2D eigenvalue weighted by molar-refractivity contribution is -0.113. The lowest BCUT2D eigenvalue weighted by atomic mass is 9.94. The summed E-state index contributed by atoms with van der Waals surface area (Å²) in [6.07, 6.45) is 0. The zero-order valence-corrected chi connectivity index (χ0v) is 20.8. The predicted molar refractivity (Wildman–Crippen MR) is 135 cm³/mol. The van der Waals surface area contributed by atoms with E-state index < -0.39 is 6.04 Å². The summed E-state index contributed by atoms with van der Waals surface area (Å²) >= 11 is 1.55. The van der Waals surface area contributed by atoms with Gasteiger partial charge in [-0.15, -0.1) is 5.10 Å². The molecular weight excluding hydrogens is 450 g/mol. The number of hydrogen-bond donors (Lipinski definition) is 2. The van der Waals surface area contributed by atoms with Gasteiger partial charge in [0, 0.05) is 11.4 Å². The molecule has 4 rings (SSSR count). The van der Waals surface area contributed by atoms with E-state index in [1.165, 1.54) is 0 Å². The van der Waals surface area contributed by atoms with Crippen molar-refractivity contribution in [3.8, 4) is 11.5 Å². The number of fused-ring (bicyclic) bond motifs is 1. The number of aromatic nitrogens is 3. The molecule has 34 heavy (non-hydrogen) atoms. The molecule has 1 aromatic heterocycles. The van der Waals surface area contributed by atoms with Gasteiger partial charge in [-0.1, -0.05) is 36.9 Å². The maximum atomic E-state index is 13.6. The van der Waals surface area contributed by atoms with E-state index in [4.69, 9.17) is 14.6 Å². The summed E-state index contributed by atoms with van der Waals surface area (Å²) in [5, 5.41) is 11.7. The van der Waals surface area contributed by atoms with Crippen molar-refractivity contribution >= 4 is 29.3 Å². The monoisotopic (exact) mass is 479 g/mol. The number of anilines is 2. The van der Waals surface area contributed by atoms with Crippen LogP contribution in [0.4, 0.5) is 11.6 Å². The SMILES string of the molecule is CCOc1ccc(C2C(C(=O)Nc3cccc(C)c3)=C(C)Nc3nc(SCC)nn32)cc1OC. The van der Waals surface area contributed by atoms with Crippen LogP contribution in [0.15, 0.2) is 58.9 Å². The molecule has 0 fully saturated rings. The summed E-state index contributed by atoms with van der Waals surface area (Å²) in [7, 11) is 1.60. The number of carbonyl (C=O) groups is 1. The molecule has 178 valence electrons. The molecule has 2 N–H and O–H groups in total. The highest BCUT2D eigenvalue weighted by Gasteiger charge is 2.35. The van der Waals surface area contributed by atoms with Crippen LogP contribution in [-0.4, -0.2) is 40.1 Å². The van der Waals surface area contributed by atoms with Crippen LogP contribution >= 0.6 is 11.8 Å². The molecule has 2 aromatic carbocycles. The van der Waals surface area contributed by atoms with E-state index in [1.54, 1.807) is 23.6 Å². The van der Waals surface area contributed by atoms with Crippen LogP contribution in [-0.2, 0) is 4.79 Å². The van der Waals surface area contributed by atoms with E-state index in [2.05, 4.69) is 22.5 Å². The number of allylic oxidation sites excluding steroid dienone is 1. The van der Waals surface area contributed by atoms with Gasteiger partial charge in [0.25, 0.3) is 5.91 Å². The van der Waals surface area contributed by atoms with E-state index in [0.717, 1.165) is 28.3 Å². The minimum Gasteiger partial charge on any atom is -0.493 e. The van der Waals surface area contributed by atoms with E-state index in [1.807, 2.05) is 63.2 Å². The number of hydrogen-bond acceptors (Lipinski definition) is 7. The van der Waals surface area contributed by atoms with Crippen LogP contribution in [0.3, 0.4) is 0 Å². The summed E-state index contributed by atoms with van der Waals surface area (Å²) in [6, 6.07) is 12.9. The summed E-state index contributed by atoms with van der Waals surface area (Å²) in [6.45, 7) is 8.38. The third kappa shape index (κ3) is 4.75. The number of benzene rings is 2. The van der Waals surface area contributed by atoms with Crippen molar-refractivity contribution in [3.63, 3.8) is 0 Å². The first kappa shape index (κ1) is 23.7. The van der Waals surface area contributed by atoms with Gasteiger partial charge in [0.05, 0.1) is 19.3 Å². The second-order valence-electron chi connectivity index (χ2n) is 7.83. The van der Waals surface area contributed by atoms with Crippen molar-refractivity contribution in [3.05, 3.63) is 64.9 Å². The zero-order chi connectivity index (χ0) is 24.2. The number of aryl methyl sites for hydroxylation is 1. The molecule has 0 bridgehead atoms.